The van der Waals surface area contributed by atoms with Crippen LogP contribution in [0, 0.1) is 18.3 Å². The average Bonchev–Trinajstić information content (AvgIpc) is 2.93. The molecule has 0 unspecified atom stereocenters. The smallest absolute Gasteiger partial charge is 0.338 e. The zero-order valence-corrected chi connectivity index (χ0v) is 22.4. The van der Waals surface area contributed by atoms with Gasteiger partial charge in [-0.3, -0.25) is 4.79 Å². The second-order valence-corrected chi connectivity index (χ2v) is 10.2. The number of carbonyl (C=O) groups excluding carboxylic acids is 2. The van der Waals surface area contributed by atoms with Gasteiger partial charge in [-0.25, -0.2) is 4.79 Å². The van der Waals surface area contributed by atoms with Crippen molar-refractivity contribution in [2.45, 2.75) is 70.6 Å². The van der Waals surface area contributed by atoms with Crippen LogP contribution in [0.5, 0.6) is 0 Å². The summed E-state index contributed by atoms with van der Waals surface area (Å²) in [5, 5.41) is 16.2. The molecule has 1 saturated heterocycles. The maximum Gasteiger partial charge on any atom is 0.338 e. The lowest BCUT2D eigenvalue weighted by molar-refractivity contribution is -0.139. The van der Waals surface area contributed by atoms with Crippen molar-refractivity contribution in [1.82, 2.24) is 4.90 Å². The van der Waals surface area contributed by atoms with Crippen molar-refractivity contribution in [2.24, 2.45) is 0 Å². The minimum absolute atomic E-state index is 0.0653. The molecule has 2 aromatic carbocycles. The molecule has 0 spiro atoms. The Kier molecular flexibility index (Phi) is 9.61. The highest BCUT2D eigenvalue weighted by molar-refractivity contribution is 5.89. The van der Waals surface area contributed by atoms with E-state index in [1.54, 1.807) is 19.1 Å². The fourth-order valence-electron chi connectivity index (χ4n) is 5.19. The number of hydrogen-bond acceptors (Lipinski definition) is 7. The molecular weight excluding hydrogens is 480 g/mol. The zero-order chi connectivity index (χ0) is 26.9. The maximum atomic E-state index is 12.8. The SMILES string of the molecule is CCOC(=O)c1ccc(NC2CCN(C(=O)COC3CCC(Nc4ccc(C#N)c(C)c4)CC3)CC2)cc1. The summed E-state index contributed by atoms with van der Waals surface area (Å²) in [5.74, 6) is -0.244. The summed E-state index contributed by atoms with van der Waals surface area (Å²) >= 11 is 0. The molecular formula is C30H38N4O4. The van der Waals surface area contributed by atoms with E-state index in [0.717, 1.165) is 55.5 Å². The predicted octanol–water partition coefficient (Wildman–Crippen LogP) is 4.89. The van der Waals surface area contributed by atoms with Crippen LogP contribution in [0.2, 0.25) is 0 Å². The first kappa shape index (κ1) is 27.5. The molecule has 0 atom stereocenters. The summed E-state index contributed by atoms with van der Waals surface area (Å²) in [6.07, 6.45) is 5.72. The van der Waals surface area contributed by atoms with Crippen molar-refractivity contribution in [3.8, 4) is 6.07 Å². The van der Waals surface area contributed by atoms with E-state index in [1.165, 1.54) is 0 Å². The van der Waals surface area contributed by atoms with Crippen LogP contribution in [-0.4, -0.2) is 61.3 Å². The van der Waals surface area contributed by atoms with Crippen LogP contribution >= 0.6 is 0 Å². The van der Waals surface area contributed by atoms with Gasteiger partial charge in [-0.2, -0.15) is 5.26 Å². The number of likely N-dealkylation sites (tertiary alicyclic amines) is 1. The second kappa shape index (κ2) is 13.3. The van der Waals surface area contributed by atoms with E-state index in [2.05, 4.69) is 16.7 Å². The Labute approximate surface area is 225 Å². The fourth-order valence-corrected chi connectivity index (χ4v) is 5.19. The van der Waals surface area contributed by atoms with E-state index in [-0.39, 0.29) is 30.6 Å². The Bertz CT molecular complexity index is 1130. The van der Waals surface area contributed by atoms with Crippen LogP contribution in [0.4, 0.5) is 11.4 Å². The van der Waals surface area contributed by atoms with Gasteiger partial charge >= 0.3 is 5.97 Å². The lowest BCUT2D eigenvalue weighted by Gasteiger charge is -2.34. The van der Waals surface area contributed by atoms with Gasteiger partial charge in [0.05, 0.1) is 29.9 Å². The van der Waals surface area contributed by atoms with Crippen molar-refractivity contribution < 1.29 is 19.1 Å². The van der Waals surface area contributed by atoms with Crippen molar-refractivity contribution in [1.29, 1.82) is 5.26 Å². The van der Waals surface area contributed by atoms with Crippen LogP contribution < -0.4 is 10.6 Å². The number of amides is 1. The largest absolute Gasteiger partial charge is 0.462 e. The summed E-state index contributed by atoms with van der Waals surface area (Å²) in [7, 11) is 0. The monoisotopic (exact) mass is 518 g/mol. The second-order valence-electron chi connectivity index (χ2n) is 10.2. The number of esters is 1. The minimum Gasteiger partial charge on any atom is -0.462 e. The Morgan fingerprint density at radius 3 is 2.21 bits per heavy atom. The summed E-state index contributed by atoms with van der Waals surface area (Å²) in [5.41, 5.74) is 4.25. The number of rotatable bonds is 9. The number of carbonyl (C=O) groups is 2. The minimum atomic E-state index is -0.309. The molecule has 2 aliphatic rings. The van der Waals surface area contributed by atoms with Gasteiger partial charge in [0.2, 0.25) is 5.91 Å². The number of hydrogen-bond donors (Lipinski definition) is 2. The molecule has 1 aliphatic heterocycles. The third-order valence-electron chi connectivity index (χ3n) is 7.45. The van der Waals surface area contributed by atoms with Gasteiger partial charge in [-0.05, 0) is 100 Å². The quantitative estimate of drug-likeness (QED) is 0.456. The highest BCUT2D eigenvalue weighted by Crippen LogP contribution is 2.25. The molecule has 1 heterocycles. The molecule has 8 nitrogen and oxygen atoms in total. The average molecular weight is 519 g/mol. The highest BCUT2D eigenvalue weighted by atomic mass is 16.5. The normalized spacial score (nSPS) is 19.9. The van der Waals surface area contributed by atoms with Crippen molar-refractivity contribution in [3.63, 3.8) is 0 Å². The molecule has 38 heavy (non-hydrogen) atoms. The van der Waals surface area contributed by atoms with Gasteiger partial charge in [-0.15, -0.1) is 0 Å². The molecule has 0 aromatic heterocycles. The Balaban J connectivity index is 1.13. The van der Waals surface area contributed by atoms with E-state index in [4.69, 9.17) is 14.7 Å². The summed E-state index contributed by atoms with van der Waals surface area (Å²) in [4.78, 5) is 26.5. The molecule has 2 N–H and O–H groups in total. The number of benzene rings is 2. The number of nitriles is 1. The lowest BCUT2D eigenvalue weighted by Crippen LogP contribution is -2.44. The number of ether oxygens (including phenoxy) is 2. The number of nitrogens with one attached hydrogen (secondary N) is 2. The predicted molar refractivity (Wildman–Crippen MR) is 147 cm³/mol. The van der Waals surface area contributed by atoms with Crippen LogP contribution in [0.15, 0.2) is 42.5 Å². The van der Waals surface area contributed by atoms with Gasteiger partial charge < -0.3 is 25.0 Å². The molecule has 0 bridgehead atoms. The van der Waals surface area contributed by atoms with Gasteiger partial charge in [0.25, 0.3) is 0 Å². The summed E-state index contributed by atoms with van der Waals surface area (Å²) in [6.45, 7) is 5.67. The van der Waals surface area contributed by atoms with E-state index in [1.807, 2.05) is 42.2 Å². The molecule has 4 rings (SSSR count). The van der Waals surface area contributed by atoms with Crippen molar-refractivity contribution in [3.05, 3.63) is 59.2 Å². The van der Waals surface area contributed by atoms with Crippen LogP contribution in [0.3, 0.4) is 0 Å². The first-order valence-electron chi connectivity index (χ1n) is 13.7. The molecule has 2 fully saturated rings. The molecule has 2 aromatic rings. The Morgan fingerprint density at radius 2 is 1.58 bits per heavy atom. The van der Waals surface area contributed by atoms with Gasteiger partial charge in [-0.1, -0.05) is 0 Å². The van der Waals surface area contributed by atoms with E-state index >= 15 is 0 Å². The van der Waals surface area contributed by atoms with Crippen LogP contribution in [-0.2, 0) is 14.3 Å². The van der Waals surface area contributed by atoms with E-state index < -0.39 is 0 Å². The Morgan fingerprint density at radius 1 is 0.947 bits per heavy atom. The first-order chi connectivity index (χ1) is 18.4. The lowest BCUT2D eigenvalue weighted by atomic mass is 9.92. The Hall–Kier alpha value is -3.57. The number of piperidine rings is 1. The third kappa shape index (κ3) is 7.48. The third-order valence-corrected chi connectivity index (χ3v) is 7.45. The van der Waals surface area contributed by atoms with Gasteiger partial charge in [0, 0.05) is 36.5 Å². The van der Waals surface area contributed by atoms with Gasteiger partial charge in [0.1, 0.15) is 6.61 Å². The van der Waals surface area contributed by atoms with Gasteiger partial charge in [0.15, 0.2) is 0 Å². The fraction of sp³-hybridized carbons (Fsp3) is 0.500. The molecule has 1 amide bonds. The zero-order valence-electron chi connectivity index (χ0n) is 22.4. The molecule has 1 aliphatic carbocycles. The topological polar surface area (TPSA) is 104 Å². The van der Waals surface area contributed by atoms with Crippen LogP contribution in [0.1, 0.15) is 66.9 Å². The highest BCUT2D eigenvalue weighted by Gasteiger charge is 2.26. The number of nitrogens with zero attached hydrogens (tertiary/aromatic N) is 2. The van der Waals surface area contributed by atoms with Crippen molar-refractivity contribution >= 4 is 23.3 Å². The molecule has 202 valence electrons. The first-order valence-corrected chi connectivity index (χ1v) is 13.7. The van der Waals surface area contributed by atoms with Crippen LogP contribution in [0.25, 0.3) is 0 Å². The molecule has 0 radical (unpaired) electrons. The summed E-state index contributed by atoms with van der Waals surface area (Å²) < 4.78 is 11.0. The number of anilines is 2. The molecule has 1 saturated carbocycles. The van der Waals surface area contributed by atoms with E-state index in [9.17, 15) is 9.59 Å². The molecule has 8 heteroatoms. The van der Waals surface area contributed by atoms with Crippen molar-refractivity contribution in [2.75, 3.05) is 36.9 Å². The summed E-state index contributed by atoms with van der Waals surface area (Å²) in [6, 6.07) is 16.1. The maximum absolute atomic E-state index is 12.8. The van der Waals surface area contributed by atoms with E-state index in [0.29, 0.717) is 36.9 Å². The number of aryl methyl sites for hydroxylation is 1. The standard InChI is InChI=1S/C30H38N4O4/c1-3-37-30(36)22-4-7-24(8-5-22)32-26-14-16-34(17-15-26)29(35)20-38-28-12-10-25(11-13-28)33-27-9-6-23(19-31)21(2)18-27/h4-9,18,25-26,28,32-33H,3,10-17,20H2,1-2H3.